The fourth-order valence-electron chi connectivity index (χ4n) is 5.30. The van der Waals surface area contributed by atoms with Crippen molar-refractivity contribution in [1.82, 2.24) is 20.0 Å². The molecular weight excluding hydrogens is 464 g/mol. The SMILES string of the molecule is COC(=O)[C@@H]1C[C@@H](NC(=O)c2cccc(Cn3nc(C)cc3C)c2)CN1Cc1cccc2ccccc12. The highest BCUT2D eigenvalue weighted by atomic mass is 16.5. The molecule has 1 amide bonds. The number of nitrogens with one attached hydrogen (secondary N) is 1. The minimum absolute atomic E-state index is 0.143. The van der Waals surface area contributed by atoms with E-state index < -0.39 is 6.04 Å². The first kappa shape index (κ1) is 24.7. The number of carbonyl (C=O) groups is 2. The molecule has 1 N–H and O–H groups in total. The van der Waals surface area contributed by atoms with E-state index in [2.05, 4.69) is 39.6 Å². The van der Waals surface area contributed by atoms with Crippen molar-refractivity contribution in [3.8, 4) is 0 Å². The molecule has 0 radical (unpaired) electrons. The Kier molecular flexibility index (Phi) is 7.06. The van der Waals surface area contributed by atoms with Gasteiger partial charge in [0.1, 0.15) is 6.04 Å². The number of aryl methyl sites for hydroxylation is 2. The van der Waals surface area contributed by atoms with Gasteiger partial charge in [-0.15, -0.1) is 0 Å². The molecule has 3 aromatic carbocycles. The lowest BCUT2D eigenvalue weighted by Gasteiger charge is -2.23. The fourth-order valence-corrected chi connectivity index (χ4v) is 5.30. The molecule has 7 heteroatoms. The summed E-state index contributed by atoms with van der Waals surface area (Å²) in [5.41, 5.74) is 4.81. The third-order valence-corrected chi connectivity index (χ3v) is 7.09. The number of carbonyl (C=O) groups excluding carboxylic acids is 2. The lowest BCUT2D eigenvalue weighted by molar-refractivity contribution is -0.146. The Morgan fingerprint density at radius 3 is 2.57 bits per heavy atom. The Labute approximate surface area is 217 Å². The summed E-state index contributed by atoms with van der Waals surface area (Å²) in [4.78, 5) is 27.9. The smallest absolute Gasteiger partial charge is 0.323 e. The molecule has 37 heavy (non-hydrogen) atoms. The normalized spacial score (nSPS) is 17.7. The van der Waals surface area contributed by atoms with E-state index in [-0.39, 0.29) is 17.9 Å². The molecule has 0 unspecified atom stereocenters. The molecule has 1 aromatic heterocycles. The van der Waals surface area contributed by atoms with Crippen LogP contribution in [-0.4, -0.2) is 52.3 Å². The minimum Gasteiger partial charge on any atom is -0.468 e. The van der Waals surface area contributed by atoms with Crippen LogP contribution in [0.2, 0.25) is 0 Å². The van der Waals surface area contributed by atoms with Crippen molar-refractivity contribution in [2.24, 2.45) is 0 Å². The van der Waals surface area contributed by atoms with Crippen LogP contribution >= 0.6 is 0 Å². The molecule has 1 saturated heterocycles. The summed E-state index contributed by atoms with van der Waals surface area (Å²) in [6.45, 7) is 5.78. The number of esters is 1. The van der Waals surface area contributed by atoms with Gasteiger partial charge in [0.05, 0.1) is 19.3 Å². The van der Waals surface area contributed by atoms with Gasteiger partial charge in [-0.05, 0) is 60.4 Å². The molecule has 5 rings (SSSR count). The lowest BCUT2D eigenvalue weighted by atomic mass is 10.0. The molecule has 2 heterocycles. The number of methoxy groups -OCH3 is 1. The Morgan fingerprint density at radius 2 is 1.78 bits per heavy atom. The third kappa shape index (κ3) is 5.42. The van der Waals surface area contributed by atoms with Crippen LogP contribution in [0.15, 0.2) is 72.8 Å². The number of amides is 1. The van der Waals surface area contributed by atoms with Crippen LogP contribution in [0.5, 0.6) is 0 Å². The standard InChI is InChI=1S/C30H32N4O3/c1-20-14-21(2)34(32-20)17-22-8-6-11-24(15-22)29(35)31-26-16-28(30(36)37-3)33(19-26)18-25-12-7-10-23-9-4-5-13-27(23)25/h4-15,26,28H,16-19H2,1-3H3,(H,31,35)/t26-,28+/m1/s1. The maximum Gasteiger partial charge on any atom is 0.323 e. The van der Waals surface area contributed by atoms with Gasteiger partial charge in [0.2, 0.25) is 0 Å². The first-order valence-electron chi connectivity index (χ1n) is 12.6. The van der Waals surface area contributed by atoms with Crippen molar-refractivity contribution in [2.45, 2.75) is 45.4 Å². The van der Waals surface area contributed by atoms with Crippen molar-refractivity contribution < 1.29 is 14.3 Å². The van der Waals surface area contributed by atoms with Crippen LogP contribution < -0.4 is 5.32 Å². The Hall–Kier alpha value is -3.97. The first-order valence-corrected chi connectivity index (χ1v) is 12.6. The van der Waals surface area contributed by atoms with Gasteiger partial charge in [-0.25, -0.2) is 0 Å². The molecule has 7 nitrogen and oxygen atoms in total. The average molecular weight is 497 g/mol. The van der Waals surface area contributed by atoms with Gasteiger partial charge in [-0.1, -0.05) is 54.6 Å². The number of aromatic nitrogens is 2. The van der Waals surface area contributed by atoms with Crippen molar-refractivity contribution in [2.75, 3.05) is 13.7 Å². The summed E-state index contributed by atoms with van der Waals surface area (Å²) >= 11 is 0. The highest BCUT2D eigenvalue weighted by Gasteiger charge is 2.38. The predicted octanol–water partition coefficient (Wildman–Crippen LogP) is 4.25. The van der Waals surface area contributed by atoms with Gasteiger partial charge in [-0.3, -0.25) is 19.2 Å². The van der Waals surface area contributed by atoms with Crippen LogP contribution in [0.3, 0.4) is 0 Å². The fraction of sp³-hybridized carbons (Fsp3) is 0.300. The van der Waals surface area contributed by atoms with Crippen LogP contribution in [0.25, 0.3) is 10.8 Å². The zero-order chi connectivity index (χ0) is 25.9. The zero-order valence-electron chi connectivity index (χ0n) is 21.5. The maximum atomic E-state index is 13.2. The molecule has 4 aromatic rings. The predicted molar refractivity (Wildman–Crippen MR) is 143 cm³/mol. The number of benzene rings is 3. The number of ether oxygens (including phenoxy) is 1. The molecule has 1 aliphatic rings. The van der Waals surface area contributed by atoms with Gasteiger partial charge < -0.3 is 10.1 Å². The monoisotopic (exact) mass is 496 g/mol. The van der Waals surface area contributed by atoms with Gasteiger partial charge in [-0.2, -0.15) is 5.10 Å². The van der Waals surface area contributed by atoms with Crippen molar-refractivity contribution in [3.63, 3.8) is 0 Å². The van der Waals surface area contributed by atoms with Crippen molar-refractivity contribution in [1.29, 1.82) is 0 Å². The van der Waals surface area contributed by atoms with Crippen molar-refractivity contribution >= 4 is 22.6 Å². The lowest BCUT2D eigenvalue weighted by Crippen LogP contribution is -2.37. The molecule has 1 aliphatic heterocycles. The van der Waals surface area contributed by atoms with E-state index in [4.69, 9.17) is 4.74 Å². The van der Waals surface area contributed by atoms with E-state index in [1.54, 1.807) is 0 Å². The van der Waals surface area contributed by atoms with E-state index in [1.165, 1.54) is 17.9 Å². The molecule has 2 atom stereocenters. The van der Waals surface area contributed by atoms with E-state index in [0.29, 0.717) is 31.6 Å². The van der Waals surface area contributed by atoms with Crippen LogP contribution in [0.4, 0.5) is 0 Å². The molecular formula is C30H32N4O3. The quantitative estimate of drug-likeness (QED) is 0.387. The molecule has 190 valence electrons. The van der Waals surface area contributed by atoms with Crippen LogP contribution in [0.1, 0.15) is 39.3 Å². The second kappa shape index (κ2) is 10.6. The number of likely N-dealkylation sites (tertiary alicyclic amines) is 1. The van der Waals surface area contributed by atoms with E-state index in [0.717, 1.165) is 22.5 Å². The summed E-state index contributed by atoms with van der Waals surface area (Å²) in [5.74, 6) is -0.417. The summed E-state index contributed by atoms with van der Waals surface area (Å²) in [6.07, 6.45) is 0.509. The van der Waals surface area contributed by atoms with Crippen LogP contribution in [0, 0.1) is 13.8 Å². The Morgan fingerprint density at radius 1 is 1.00 bits per heavy atom. The molecule has 1 fully saturated rings. The second-order valence-electron chi connectivity index (χ2n) is 9.80. The summed E-state index contributed by atoms with van der Waals surface area (Å²) < 4.78 is 7.05. The molecule has 0 spiro atoms. The Bertz CT molecular complexity index is 1440. The van der Waals surface area contributed by atoms with E-state index in [9.17, 15) is 9.59 Å². The van der Waals surface area contributed by atoms with E-state index in [1.807, 2.05) is 67.1 Å². The Balaban J connectivity index is 1.30. The highest BCUT2D eigenvalue weighted by molar-refractivity contribution is 5.94. The minimum atomic E-state index is -0.411. The van der Waals surface area contributed by atoms with Gasteiger partial charge in [0.15, 0.2) is 0 Å². The molecule has 0 aliphatic carbocycles. The molecule has 0 saturated carbocycles. The summed E-state index contributed by atoms with van der Waals surface area (Å²) in [6, 6.07) is 23.6. The van der Waals surface area contributed by atoms with Crippen LogP contribution in [-0.2, 0) is 22.6 Å². The number of hydrogen-bond donors (Lipinski definition) is 1. The maximum absolute atomic E-state index is 13.2. The average Bonchev–Trinajstić information content (AvgIpc) is 3.44. The number of fused-ring (bicyclic) bond motifs is 1. The number of hydrogen-bond acceptors (Lipinski definition) is 5. The zero-order valence-corrected chi connectivity index (χ0v) is 21.5. The van der Waals surface area contributed by atoms with Crippen molar-refractivity contribution in [3.05, 3.63) is 101 Å². The highest BCUT2D eigenvalue weighted by Crippen LogP contribution is 2.26. The molecule has 0 bridgehead atoms. The second-order valence-corrected chi connectivity index (χ2v) is 9.80. The first-order chi connectivity index (χ1) is 17.9. The number of nitrogens with zero attached hydrogens (tertiary/aromatic N) is 3. The summed E-state index contributed by atoms with van der Waals surface area (Å²) in [7, 11) is 1.42. The third-order valence-electron chi connectivity index (χ3n) is 7.09. The topological polar surface area (TPSA) is 76.5 Å². The number of rotatable bonds is 7. The summed E-state index contributed by atoms with van der Waals surface area (Å²) in [5, 5.41) is 10.0. The largest absolute Gasteiger partial charge is 0.468 e. The van der Waals surface area contributed by atoms with E-state index >= 15 is 0 Å². The van der Waals surface area contributed by atoms with Gasteiger partial charge in [0, 0.05) is 30.4 Å². The van der Waals surface area contributed by atoms with Gasteiger partial charge >= 0.3 is 5.97 Å². The van der Waals surface area contributed by atoms with Gasteiger partial charge in [0.25, 0.3) is 5.91 Å².